The fourth-order valence-corrected chi connectivity index (χ4v) is 5.39. The van der Waals surface area contributed by atoms with Crippen molar-refractivity contribution in [1.82, 2.24) is 10.2 Å². The molecule has 1 unspecified atom stereocenters. The maximum absolute atomic E-state index is 12.9. The molecule has 3 fully saturated rings. The van der Waals surface area contributed by atoms with Crippen LogP contribution in [0.25, 0.3) is 0 Å². The summed E-state index contributed by atoms with van der Waals surface area (Å²) in [5.74, 6) is 0.101. The van der Waals surface area contributed by atoms with Gasteiger partial charge in [-0.1, -0.05) is 30.3 Å². The van der Waals surface area contributed by atoms with Crippen molar-refractivity contribution in [3.8, 4) is 0 Å². The molecule has 2 saturated heterocycles. The van der Waals surface area contributed by atoms with Gasteiger partial charge in [0.1, 0.15) is 6.61 Å². The number of ether oxygens (including phenoxy) is 1. The summed E-state index contributed by atoms with van der Waals surface area (Å²) in [5, 5.41) is 13.9. The maximum atomic E-state index is 12.9. The minimum Gasteiger partial charge on any atom is -0.461 e. The maximum Gasteiger partial charge on any atom is 0.311 e. The number of nitrogens with zero attached hydrogens (tertiary/aromatic N) is 1. The number of aliphatic hydroxyl groups is 1. The van der Waals surface area contributed by atoms with Crippen molar-refractivity contribution in [2.24, 2.45) is 17.3 Å². The summed E-state index contributed by atoms with van der Waals surface area (Å²) in [5.41, 5.74) is 1.06. The lowest BCUT2D eigenvalue weighted by atomic mass is 9.80. The van der Waals surface area contributed by atoms with Crippen LogP contribution in [0, 0.1) is 17.3 Å². The topological polar surface area (TPSA) is 61.8 Å². The van der Waals surface area contributed by atoms with Crippen LogP contribution in [0.4, 0.5) is 0 Å². The van der Waals surface area contributed by atoms with Gasteiger partial charge in [0.15, 0.2) is 0 Å². The number of hydrogen-bond acceptors (Lipinski definition) is 5. The highest BCUT2D eigenvalue weighted by Crippen LogP contribution is 2.53. The molecule has 2 heterocycles. The predicted molar refractivity (Wildman–Crippen MR) is 113 cm³/mol. The lowest BCUT2D eigenvalue weighted by Gasteiger charge is -2.36. The van der Waals surface area contributed by atoms with E-state index in [4.69, 9.17) is 4.74 Å². The summed E-state index contributed by atoms with van der Waals surface area (Å²) >= 11 is 0. The molecule has 1 spiro atoms. The summed E-state index contributed by atoms with van der Waals surface area (Å²) < 4.78 is 5.70. The normalized spacial score (nSPS) is 30.4. The average Bonchev–Trinajstić information content (AvgIpc) is 3.42. The van der Waals surface area contributed by atoms with E-state index in [2.05, 4.69) is 24.1 Å². The van der Waals surface area contributed by atoms with E-state index in [0.29, 0.717) is 12.5 Å². The number of carbonyl (C=O) groups is 1. The van der Waals surface area contributed by atoms with Gasteiger partial charge in [-0.2, -0.15) is 0 Å². The van der Waals surface area contributed by atoms with Gasteiger partial charge in [-0.25, -0.2) is 0 Å². The molecule has 3 aliphatic rings. The summed E-state index contributed by atoms with van der Waals surface area (Å²) in [7, 11) is 0. The van der Waals surface area contributed by atoms with Gasteiger partial charge >= 0.3 is 5.97 Å². The fraction of sp³-hybridized carbons (Fsp3) is 0.708. The molecule has 2 N–H and O–H groups in total. The second kappa shape index (κ2) is 8.37. The molecule has 0 aromatic heterocycles. The third-order valence-electron chi connectivity index (χ3n) is 7.55. The zero-order chi connectivity index (χ0) is 20.5. The molecule has 160 valence electrons. The van der Waals surface area contributed by atoms with Crippen LogP contribution in [0.5, 0.6) is 0 Å². The molecule has 5 nitrogen and oxygen atoms in total. The first kappa shape index (κ1) is 20.8. The van der Waals surface area contributed by atoms with Crippen molar-refractivity contribution in [3.63, 3.8) is 0 Å². The molecule has 1 saturated carbocycles. The molecule has 29 heavy (non-hydrogen) atoms. The number of benzene rings is 1. The van der Waals surface area contributed by atoms with Crippen LogP contribution in [0.2, 0.25) is 0 Å². The van der Waals surface area contributed by atoms with E-state index < -0.39 is 0 Å². The van der Waals surface area contributed by atoms with Crippen LogP contribution in [-0.2, 0) is 16.1 Å². The fourth-order valence-electron chi connectivity index (χ4n) is 5.39. The molecule has 2 aliphatic heterocycles. The smallest absolute Gasteiger partial charge is 0.311 e. The van der Waals surface area contributed by atoms with Crippen LogP contribution < -0.4 is 5.32 Å². The second-order valence-electron chi connectivity index (χ2n) is 10.0. The van der Waals surface area contributed by atoms with Gasteiger partial charge < -0.3 is 20.1 Å². The average molecular weight is 401 g/mol. The highest BCUT2D eigenvalue weighted by atomic mass is 16.5. The molecular formula is C24H36N2O3. The van der Waals surface area contributed by atoms with Crippen molar-refractivity contribution >= 4 is 5.97 Å². The summed E-state index contributed by atoms with van der Waals surface area (Å²) in [6, 6.07) is 9.88. The lowest BCUT2D eigenvalue weighted by molar-refractivity contribution is -0.153. The third-order valence-corrected chi connectivity index (χ3v) is 7.55. The summed E-state index contributed by atoms with van der Waals surface area (Å²) in [6.45, 7) is 8.35. The van der Waals surface area contributed by atoms with Gasteiger partial charge in [0.2, 0.25) is 0 Å². The zero-order valence-corrected chi connectivity index (χ0v) is 17.9. The first-order chi connectivity index (χ1) is 13.9. The third kappa shape index (κ3) is 4.68. The Labute approximate surface area is 174 Å². The second-order valence-corrected chi connectivity index (χ2v) is 10.0. The van der Waals surface area contributed by atoms with Crippen molar-refractivity contribution in [2.75, 3.05) is 26.2 Å². The standard InChI is InChI=1S/C24H36N2O3/c1-23(2)21(22(28)29-17-18-7-4-3-5-8-18)19(15-25-23)9-6-13-26-14-12-24(10-11-24)20(27)16-26/h3-5,7-8,19-21,25,27H,6,9-17H2,1-2H3/t19?,20-,21-/m1/s1. The number of piperidine rings is 1. The largest absolute Gasteiger partial charge is 0.461 e. The number of nitrogens with one attached hydrogen (secondary N) is 1. The number of β-amino-alcohol motifs (C(OH)–C–C–N with tert-alkyl or cyclic N) is 1. The first-order valence-corrected chi connectivity index (χ1v) is 11.3. The van der Waals surface area contributed by atoms with Gasteiger partial charge in [0.05, 0.1) is 12.0 Å². The molecule has 4 rings (SSSR count). The van der Waals surface area contributed by atoms with Gasteiger partial charge in [0, 0.05) is 12.1 Å². The Morgan fingerprint density at radius 1 is 1.24 bits per heavy atom. The van der Waals surface area contributed by atoms with E-state index >= 15 is 0 Å². The highest BCUT2D eigenvalue weighted by Gasteiger charge is 2.51. The van der Waals surface area contributed by atoms with E-state index in [1.165, 1.54) is 12.8 Å². The quantitative estimate of drug-likeness (QED) is 0.689. The van der Waals surface area contributed by atoms with Crippen molar-refractivity contribution in [2.45, 2.75) is 64.2 Å². The molecule has 3 atom stereocenters. The van der Waals surface area contributed by atoms with Crippen molar-refractivity contribution < 1.29 is 14.6 Å². The van der Waals surface area contributed by atoms with Crippen LogP contribution in [0.3, 0.4) is 0 Å². The molecule has 0 bridgehead atoms. The Balaban J connectivity index is 1.26. The van der Waals surface area contributed by atoms with Gasteiger partial charge in [-0.3, -0.25) is 4.79 Å². The minimum absolute atomic E-state index is 0.0853. The Morgan fingerprint density at radius 2 is 2.00 bits per heavy atom. The SMILES string of the molecule is CC1(C)NCC(CCCN2CCC3(CC3)[C@H](O)C2)[C@@H]1C(=O)OCc1ccccc1. The van der Waals surface area contributed by atoms with Gasteiger partial charge in [-0.15, -0.1) is 0 Å². The molecule has 1 aromatic rings. The van der Waals surface area contributed by atoms with E-state index in [1.54, 1.807) is 0 Å². The monoisotopic (exact) mass is 400 g/mol. The highest BCUT2D eigenvalue weighted by molar-refractivity contribution is 5.75. The number of hydrogen-bond donors (Lipinski definition) is 2. The molecule has 1 aromatic carbocycles. The number of likely N-dealkylation sites (tertiary alicyclic amines) is 1. The predicted octanol–water partition coefficient (Wildman–Crippen LogP) is 2.97. The zero-order valence-electron chi connectivity index (χ0n) is 17.9. The van der Waals surface area contributed by atoms with Crippen LogP contribution in [-0.4, -0.2) is 53.8 Å². The number of rotatable bonds is 7. The first-order valence-electron chi connectivity index (χ1n) is 11.3. The molecule has 0 radical (unpaired) electrons. The van der Waals surface area contributed by atoms with Crippen LogP contribution in [0.1, 0.15) is 51.5 Å². The van der Waals surface area contributed by atoms with Crippen LogP contribution >= 0.6 is 0 Å². The van der Waals surface area contributed by atoms with Gasteiger partial charge in [0.25, 0.3) is 0 Å². The molecule has 5 heteroatoms. The minimum atomic E-state index is -0.238. The summed E-state index contributed by atoms with van der Waals surface area (Å²) in [4.78, 5) is 15.3. The van der Waals surface area contributed by atoms with E-state index in [0.717, 1.165) is 51.0 Å². The van der Waals surface area contributed by atoms with Crippen molar-refractivity contribution in [1.29, 1.82) is 0 Å². The number of carbonyl (C=O) groups excluding carboxylic acids is 1. The van der Waals surface area contributed by atoms with E-state index in [9.17, 15) is 9.90 Å². The van der Waals surface area contributed by atoms with Crippen molar-refractivity contribution in [3.05, 3.63) is 35.9 Å². The lowest BCUT2D eigenvalue weighted by Crippen LogP contribution is -2.45. The Kier molecular flexibility index (Phi) is 6.01. The van der Waals surface area contributed by atoms with Crippen LogP contribution in [0.15, 0.2) is 30.3 Å². The van der Waals surface area contributed by atoms with E-state index in [1.807, 2.05) is 30.3 Å². The Morgan fingerprint density at radius 3 is 2.69 bits per heavy atom. The number of esters is 1. The molecule has 0 amide bonds. The molecule has 1 aliphatic carbocycles. The van der Waals surface area contributed by atoms with Gasteiger partial charge in [-0.05, 0) is 82.5 Å². The summed E-state index contributed by atoms with van der Waals surface area (Å²) in [6.07, 6.45) is 5.48. The van der Waals surface area contributed by atoms with E-state index in [-0.39, 0.29) is 28.9 Å². The molecular weight excluding hydrogens is 364 g/mol. The Bertz CT molecular complexity index is 701. The Hall–Kier alpha value is -1.43. The number of aliphatic hydroxyl groups excluding tert-OH is 1.